The summed E-state index contributed by atoms with van der Waals surface area (Å²) in [6, 6.07) is 5.05. The minimum Gasteiger partial charge on any atom is -0.497 e. The predicted octanol–water partition coefficient (Wildman–Crippen LogP) is 4.46. The van der Waals surface area contributed by atoms with Gasteiger partial charge < -0.3 is 9.84 Å². The zero-order chi connectivity index (χ0) is 23.3. The van der Waals surface area contributed by atoms with Crippen molar-refractivity contribution in [1.29, 1.82) is 0 Å². The molecule has 0 bridgehead atoms. The van der Waals surface area contributed by atoms with Crippen LogP contribution < -0.4 is 4.74 Å². The van der Waals surface area contributed by atoms with Gasteiger partial charge in [0.25, 0.3) is 5.91 Å². The Balaban J connectivity index is 2.57. The van der Waals surface area contributed by atoms with E-state index >= 15 is 0 Å². The molecule has 1 aromatic rings. The number of ether oxygens (including phenoxy) is 1. The van der Waals surface area contributed by atoms with Gasteiger partial charge >= 0.3 is 18.0 Å². The fourth-order valence-corrected chi connectivity index (χ4v) is 2.73. The van der Waals surface area contributed by atoms with Gasteiger partial charge in [-0.3, -0.25) is 4.79 Å². The standard InChI is InChI=1S/C18H19F7N2O3/c1-14(2,3)15(29)9-12(16(19,20)17(21,22)18(23,24)25)26-27(15)13(28)10-5-7-11(30-4)8-6-10/h5-8,29H,9H2,1-4H3/t15-/m1/s1. The van der Waals surface area contributed by atoms with Crippen LogP contribution in [0.3, 0.4) is 0 Å². The summed E-state index contributed by atoms with van der Waals surface area (Å²) in [5.74, 6) is -13.1. The fraction of sp³-hybridized carbons (Fsp3) is 0.556. The number of hydrogen-bond donors (Lipinski definition) is 1. The van der Waals surface area contributed by atoms with Crippen LogP contribution in [0.5, 0.6) is 5.75 Å². The molecule has 1 atom stereocenters. The van der Waals surface area contributed by atoms with Crippen LogP contribution in [0.4, 0.5) is 30.7 Å². The SMILES string of the molecule is COc1ccc(C(=O)N2N=C(C(F)(F)C(F)(F)C(F)(F)F)C[C@@]2(O)C(C)(C)C)cc1. The van der Waals surface area contributed by atoms with Crippen molar-refractivity contribution in [2.75, 3.05) is 7.11 Å². The van der Waals surface area contributed by atoms with Gasteiger partial charge in [-0.15, -0.1) is 0 Å². The van der Waals surface area contributed by atoms with Crippen molar-refractivity contribution in [2.24, 2.45) is 10.5 Å². The van der Waals surface area contributed by atoms with Gasteiger partial charge in [-0.05, 0) is 24.3 Å². The van der Waals surface area contributed by atoms with Crippen LogP contribution in [0.25, 0.3) is 0 Å². The van der Waals surface area contributed by atoms with Crippen molar-refractivity contribution in [2.45, 2.75) is 50.9 Å². The van der Waals surface area contributed by atoms with Crippen LogP contribution in [0.2, 0.25) is 0 Å². The number of carbonyl (C=O) groups is 1. The Morgan fingerprint density at radius 3 is 1.97 bits per heavy atom. The lowest BCUT2D eigenvalue weighted by Gasteiger charge is -2.41. The first-order chi connectivity index (χ1) is 13.4. The Morgan fingerprint density at radius 2 is 1.57 bits per heavy atom. The number of hydrazone groups is 1. The normalized spacial score (nSPS) is 20.9. The summed E-state index contributed by atoms with van der Waals surface area (Å²) < 4.78 is 98.0. The lowest BCUT2D eigenvalue weighted by atomic mass is 9.79. The molecule has 12 heteroatoms. The summed E-state index contributed by atoms with van der Waals surface area (Å²) in [4.78, 5) is 12.8. The van der Waals surface area contributed by atoms with Crippen LogP contribution in [0, 0.1) is 5.41 Å². The minimum atomic E-state index is -6.58. The topological polar surface area (TPSA) is 62.1 Å². The van der Waals surface area contributed by atoms with Crippen LogP contribution in [0.1, 0.15) is 37.6 Å². The summed E-state index contributed by atoms with van der Waals surface area (Å²) in [5.41, 5.74) is -6.17. The van der Waals surface area contributed by atoms with Gasteiger partial charge in [0.2, 0.25) is 0 Å². The number of carbonyl (C=O) groups excluding carboxylic acids is 1. The zero-order valence-corrected chi connectivity index (χ0v) is 16.3. The maximum atomic E-state index is 14.2. The van der Waals surface area contributed by atoms with Gasteiger partial charge in [0.1, 0.15) is 11.5 Å². The van der Waals surface area contributed by atoms with Gasteiger partial charge in [-0.1, -0.05) is 20.8 Å². The molecule has 1 heterocycles. The summed E-state index contributed by atoms with van der Waals surface area (Å²) in [6.07, 6.45) is -7.98. The summed E-state index contributed by atoms with van der Waals surface area (Å²) in [7, 11) is 1.34. The highest BCUT2D eigenvalue weighted by molar-refractivity contribution is 6.00. The molecule has 168 valence electrons. The molecule has 0 spiro atoms. The smallest absolute Gasteiger partial charge is 0.460 e. The van der Waals surface area contributed by atoms with E-state index in [0.29, 0.717) is 5.75 Å². The molecule has 0 saturated carbocycles. The summed E-state index contributed by atoms with van der Waals surface area (Å²) in [6.45, 7) is 3.87. The molecule has 0 aromatic heterocycles. The van der Waals surface area contributed by atoms with E-state index in [9.17, 15) is 40.6 Å². The van der Waals surface area contributed by atoms with E-state index < -0.39 is 47.2 Å². The highest BCUT2D eigenvalue weighted by Gasteiger charge is 2.76. The number of rotatable bonds is 4. The van der Waals surface area contributed by atoms with Gasteiger partial charge in [0, 0.05) is 17.4 Å². The molecule has 1 amide bonds. The molecule has 0 fully saturated rings. The number of alkyl halides is 7. The second kappa shape index (κ2) is 7.10. The number of halogens is 7. The van der Waals surface area contributed by atoms with Crippen molar-refractivity contribution in [3.8, 4) is 5.75 Å². The number of benzene rings is 1. The van der Waals surface area contributed by atoms with Crippen molar-refractivity contribution in [1.82, 2.24) is 5.01 Å². The third-order valence-corrected chi connectivity index (χ3v) is 4.83. The molecule has 2 rings (SSSR count). The Kier molecular flexibility index (Phi) is 5.66. The van der Waals surface area contributed by atoms with E-state index in [1.54, 1.807) is 0 Å². The molecule has 0 unspecified atom stereocenters. The van der Waals surface area contributed by atoms with Crippen LogP contribution in [-0.2, 0) is 0 Å². The van der Waals surface area contributed by atoms with E-state index in [1.807, 2.05) is 0 Å². The molecule has 1 aromatic carbocycles. The Morgan fingerprint density at radius 1 is 1.07 bits per heavy atom. The quantitative estimate of drug-likeness (QED) is 0.698. The first-order valence-electron chi connectivity index (χ1n) is 8.51. The molecule has 1 N–H and O–H groups in total. The fourth-order valence-electron chi connectivity index (χ4n) is 2.73. The van der Waals surface area contributed by atoms with E-state index in [1.165, 1.54) is 52.1 Å². The van der Waals surface area contributed by atoms with E-state index in [0.717, 1.165) is 0 Å². The van der Waals surface area contributed by atoms with Crippen molar-refractivity contribution in [3.63, 3.8) is 0 Å². The zero-order valence-electron chi connectivity index (χ0n) is 16.3. The third-order valence-electron chi connectivity index (χ3n) is 4.83. The first-order valence-corrected chi connectivity index (χ1v) is 8.51. The Hall–Kier alpha value is -2.37. The Labute approximate surface area is 167 Å². The average molecular weight is 444 g/mol. The van der Waals surface area contributed by atoms with Crippen LogP contribution in [0.15, 0.2) is 29.4 Å². The number of methoxy groups -OCH3 is 1. The minimum absolute atomic E-state index is 0.129. The second-order valence-electron chi connectivity index (χ2n) is 7.78. The van der Waals surface area contributed by atoms with Crippen LogP contribution in [-0.4, -0.2) is 52.6 Å². The molecule has 1 aliphatic heterocycles. The number of aliphatic hydroxyl groups is 1. The molecule has 0 aliphatic carbocycles. The molecular weight excluding hydrogens is 425 g/mol. The van der Waals surface area contributed by atoms with Gasteiger partial charge in [0.15, 0.2) is 5.72 Å². The number of amides is 1. The van der Waals surface area contributed by atoms with Crippen molar-refractivity contribution >= 4 is 11.6 Å². The Bertz CT molecular complexity index is 845. The first kappa shape index (κ1) is 23.9. The predicted molar refractivity (Wildman–Crippen MR) is 91.6 cm³/mol. The third kappa shape index (κ3) is 3.61. The van der Waals surface area contributed by atoms with E-state index in [2.05, 4.69) is 5.10 Å². The molecule has 0 radical (unpaired) electrons. The largest absolute Gasteiger partial charge is 0.497 e. The lowest BCUT2D eigenvalue weighted by Crippen LogP contribution is -2.58. The van der Waals surface area contributed by atoms with E-state index in [4.69, 9.17) is 4.74 Å². The maximum Gasteiger partial charge on any atom is 0.460 e. The van der Waals surface area contributed by atoms with Gasteiger partial charge in [-0.2, -0.15) is 40.8 Å². The summed E-state index contributed by atoms with van der Waals surface area (Å²) in [5, 5.41) is 14.1. The molecule has 0 saturated heterocycles. The molecule has 1 aliphatic rings. The molecule has 5 nitrogen and oxygen atoms in total. The van der Waals surface area contributed by atoms with Crippen molar-refractivity contribution < 1.29 is 45.4 Å². The van der Waals surface area contributed by atoms with Gasteiger partial charge in [-0.25, -0.2) is 0 Å². The average Bonchev–Trinajstić information content (AvgIpc) is 2.99. The van der Waals surface area contributed by atoms with E-state index in [-0.39, 0.29) is 10.6 Å². The lowest BCUT2D eigenvalue weighted by molar-refractivity contribution is -0.336. The molecular formula is C18H19F7N2O3. The highest BCUT2D eigenvalue weighted by Crippen LogP contribution is 2.51. The number of nitrogens with zero attached hydrogens (tertiary/aromatic N) is 2. The number of hydrogen-bond acceptors (Lipinski definition) is 4. The highest BCUT2D eigenvalue weighted by atomic mass is 19.4. The summed E-state index contributed by atoms with van der Waals surface area (Å²) >= 11 is 0. The van der Waals surface area contributed by atoms with Gasteiger partial charge in [0.05, 0.1) is 7.11 Å². The second-order valence-corrected chi connectivity index (χ2v) is 7.78. The van der Waals surface area contributed by atoms with Crippen molar-refractivity contribution in [3.05, 3.63) is 29.8 Å². The molecule has 30 heavy (non-hydrogen) atoms. The van der Waals surface area contributed by atoms with Crippen LogP contribution >= 0.6 is 0 Å². The maximum absolute atomic E-state index is 14.2. The monoisotopic (exact) mass is 444 g/mol.